The Kier molecular flexibility index (Phi) is 6.57. The number of anilines is 1. The van der Waals surface area contributed by atoms with Crippen LogP contribution in [0.1, 0.15) is 45.6 Å². The predicted octanol–water partition coefficient (Wildman–Crippen LogP) is 3.49. The molecule has 2 unspecified atom stereocenters. The highest BCUT2D eigenvalue weighted by Crippen LogP contribution is 2.09. The average molecular weight is 262 g/mol. The summed E-state index contributed by atoms with van der Waals surface area (Å²) in [5, 5.41) is 6.26. The van der Waals surface area contributed by atoms with Crippen LogP contribution in [0.4, 0.5) is 5.69 Å². The number of unbranched alkanes of at least 4 members (excludes halogenated alkanes) is 1. The Bertz CT molecular complexity index is 386. The molecule has 0 bridgehead atoms. The summed E-state index contributed by atoms with van der Waals surface area (Å²) in [6, 6.07) is 8.06. The lowest BCUT2D eigenvalue weighted by Gasteiger charge is -2.19. The number of carbonyl (C=O) groups is 1. The van der Waals surface area contributed by atoms with Crippen LogP contribution >= 0.6 is 0 Å². The molecule has 2 atom stereocenters. The second-order valence-electron chi connectivity index (χ2n) is 5.29. The van der Waals surface area contributed by atoms with Crippen molar-refractivity contribution in [2.75, 3.05) is 5.32 Å². The van der Waals surface area contributed by atoms with Gasteiger partial charge in [-0.2, -0.15) is 0 Å². The largest absolute Gasteiger partial charge is 0.325 e. The first-order chi connectivity index (χ1) is 9.02. The van der Waals surface area contributed by atoms with Crippen LogP contribution < -0.4 is 10.6 Å². The zero-order valence-electron chi connectivity index (χ0n) is 12.5. The molecule has 0 aliphatic heterocycles. The molecular formula is C16H26N2O. The first-order valence-corrected chi connectivity index (χ1v) is 7.16. The monoisotopic (exact) mass is 262 g/mol. The molecule has 0 heterocycles. The van der Waals surface area contributed by atoms with Gasteiger partial charge in [0.1, 0.15) is 0 Å². The van der Waals surface area contributed by atoms with Crippen LogP contribution in [0.3, 0.4) is 0 Å². The molecule has 3 heteroatoms. The van der Waals surface area contributed by atoms with E-state index in [1.54, 1.807) is 0 Å². The lowest BCUT2D eigenvalue weighted by Crippen LogP contribution is -2.42. The third kappa shape index (κ3) is 5.88. The number of rotatable bonds is 7. The molecule has 0 spiro atoms. The molecule has 1 amide bonds. The highest BCUT2D eigenvalue weighted by atomic mass is 16.2. The van der Waals surface area contributed by atoms with E-state index in [1.165, 1.54) is 18.4 Å². The second-order valence-corrected chi connectivity index (χ2v) is 5.29. The summed E-state index contributed by atoms with van der Waals surface area (Å²) in [7, 11) is 0. The fourth-order valence-corrected chi connectivity index (χ4v) is 1.98. The molecule has 0 fully saturated rings. The summed E-state index contributed by atoms with van der Waals surface area (Å²) >= 11 is 0. The maximum atomic E-state index is 12.0. The minimum atomic E-state index is -0.173. The molecule has 1 rings (SSSR count). The van der Waals surface area contributed by atoms with Gasteiger partial charge in [-0.15, -0.1) is 0 Å². The Morgan fingerprint density at radius 2 is 1.84 bits per heavy atom. The van der Waals surface area contributed by atoms with E-state index in [2.05, 4.69) is 24.5 Å². The Morgan fingerprint density at radius 1 is 1.21 bits per heavy atom. The molecule has 0 saturated heterocycles. The molecule has 0 saturated carbocycles. The lowest BCUT2D eigenvalue weighted by atomic mass is 10.1. The van der Waals surface area contributed by atoms with Gasteiger partial charge in [-0.3, -0.25) is 4.79 Å². The van der Waals surface area contributed by atoms with Gasteiger partial charge in [-0.25, -0.2) is 0 Å². The molecule has 0 aromatic heterocycles. The molecule has 0 radical (unpaired) electrons. The molecule has 0 aliphatic rings. The van der Waals surface area contributed by atoms with Gasteiger partial charge in [0.25, 0.3) is 0 Å². The smallest absolute Gasteiger partial charge is 0.241 e. The van der Waals surface area contributed by atoms with Gasteiger partial charge in [0.2, 0.25) is 5.91 Å². The lowest BCUT2D eigenvalue weighted by molar-refractivity contribution is -0.117. The number of nitrogens with one attached hydrogen (secondary N) is 2. The van der Waals surface area contributed by atoms with Crippen molar-refractivity contribution in [1.82, 2.24) is 5.32 Å². The zero-order valence-corrected chi connectivity index (χ0v) is 12.5. The van der Waals surface area contributed by atoms with E-state index in [0.29, 0.717) is 6.04 Å². The molecule has 106 valence electrons. The van der Waals surface area contributed by atoms with Crippen LogP contribution in [0.15, 0.2) is 24.3 Å². The van der Waals surface area contributed by atoms with E-state index in [4.69, 9.17) is 0 Å². The molecular weight excluding hydrogens is 236 g/mol. The van der Waals surface area contributed by atoms with Crippen molar-refractivity contribution >= 4 is 11.6 Å². The van der Waals surface area contributed by atoms with Crippen molar-refractivity contribution in [3.8, 4) is 0 Å². The highest BCUT2D eigenvalue weighted by molar-refractivity contribution is 5.94. The van der Waals surface area contributed by atoms with Crippen LogP contribution in [-0.2, 0) is 4.79 Å². The van der Waals surface area contributed by atoms with E-state index < -0.39 is 0 Å². The van der Waals surface area contributed by atoms with Crippen molar-refractivity contribution in [1.29, 1.82) is 0 Å². The fraction of sp³-hybridized carbons (Fsp3) is 0.562. The number of benzene rings is 1. The summed E-state index contributed by atoms with van der Waals surface area (Å²) in [6.45, 7) is 8.25. The van der Waals surface area contributed by atoms with Crippen LogP contribution in [0.2, 0.25) is 0 Å². The van der Waals surface area contributed by atoms with E-state index in [0.717, 1.165) is 12.1 Å². The normalized spacial score (nSPS) is 13.9. The van der Waals surface area contributed by atoms with Crippen molar-refractivity contribution < 1.29 is 4.79 Å². The minimum Gasteiger partial charge on any atom is -0.325 e. The summed E-state index contributed by atoms with van der Waals surface area (Å²) in [5.74, 6) is 0.0206. The maximum absolute atomic E-state index is 12.0. The molecule has 3 nitrogen and oxygen atoms in total. The van der Waals surface area contributed by atoms with Gasteiger partial charge < -0.3 is 10.6 Å². The third-order valence-corrected chi connectivity index (χ3v) is 3.24. The predicted molar refractivity (Wildman–Crippen MR) is 81.4 cm³/mol. The van der Waals surface area contributed by atoms with Crippen LogP contribution in [0.5, 0.6) is 0 Å². The molecule has 0 aliphatic carbocycles. The van der Waals surface area contributed by atoms with E-state index in [9.17, 15) is 4.79 Å². The Morgan fingerprint density at radius 3 is 2.42 bits per heavy atom. The topological polar surface area (TPSA) is 41.1 Å². The molecule has 19 heavy (non-hydrogen) atoms. The van der Waals surface area contributed by atoms with Gasteiger partial charge in [-0.1, -0.05) is 37.5 Å². The van der Waals surface area contributed by atoms with E-state index in [1.807, 2.05) is 38.1 Å². The number of hydrogen-bond acceptors (Lipinski definition) is 2. The van der Waals surface area contributed by atoms with Crippen LogP contribution in [0, 0.1) is 6.92 Å². The molecule has 1 aromatic rings. The zero-order chi connectivity index (χ0) is 14.3. The van der Waals surface area contributed by atoms with Crippen molar-refractivity contribution in [3.63, 3.8) is 0 Å². The van der Waals surface area contributed by atoms with Crippen molar-refractivity contribution in [2.45, 2.75) is 59.0 Å². The van der Waals surface area contributed by atoms with Gasteiger partial charge in [0, 0.05) is 11.7 Å². The minimum absolute atomic E-state index is 0.0206. The quantitative estimate of drug-likeness (QED) is 0.789. The van der Waals surface area contributed by atoms with E-state index in [-0.39, 0.29) is 11.9 Å². The van der Waals surface area contributed by atoms with Gasteiger partial charge in [0.15, 0.2) is 0 Å². The summed E-state index contributed by atoms with van der Waals surface area (Å²) < 4.78 is 0. The summed E-state index contributed by atoms with van der Waals surface area (Å²) in [6.07, 6.45) is 3.50. The SMILES string of the molecule is CCCCC(C)NC(C)C(=O)Nc1ccc(C)cc1. The Labute approximate surface area is 116 Å². The van der Waals surface area contributed by atoms with E-state index >= 15 is 0 Å². The fourth-order valence-electron chi connectivity index (χ4n) is 1.98. The summed E-state index contributed by atoms with van der Waals surface area (Å²) in [5.41, 5.74) is 2.04. The first kappa shape index (κ1) is 15.7. The Balaban J connectivity index is 2.42. The highest BCUT2D eigenvalue weighted by Gasteiger charge is 2.14. The first-order valence-electron chi connectivity index (χ1n) is 7.16. The van der Waals surface area contributed by atoms with Gasteiger partial charge in [-0.05, 0) is 39.3 Å². The van der Waals surface area contributed by atoms with Gasteiger partial charge >= 0.3 is 0 Å². The number of hydrogen-bond donors (Lipinski definition) is 2. The van der Waals surface area contributed by atoms with Gasteiger partial charge in [0.05, 0.1) is 6.04 Å². The van der Waals surface area contributed by atoms with Crippen molar-refractivity contribution in [3.05, 3.63) is 29.8 Å². The summed E-state index contributed by atoms with van der Waals surface area (Å²) in [4.78, 5) is 12.0. The maximum Gasteiger partial charge on any atom is 0.241 e. The van der Waals surface area contributed by atoms with Crippen molar-refractivity contribution in [2.24, 2.45) is 0 Å². The standard InChI is InChI=1S/C16H26N2O/c1-5-6-7-13(3)17-14(4)16(19)18-15-10-8-12(2)9-11-15/h8-11,13-14,17H,5-7H2,1-4H3,(H,18,19). The van der Waals surface area contributed by atoms with Crippen LogP contribution in [-0.4, -0.2) is 18.0 Å². The molecule has 2 N–H and O–H groups in total. The molecule has 1 aromatic carbocycles. The average Bonchev–Trinajstić information content (AvgIpc) is 2.39. The van der Waals surface area contributed by atoms with Crippen LogP contribution in [0.25, 0.3) is 0 Å². The number of amides is 1. The Hall–Kier alpha value is -1.35. The number of carbonyl (C=O) groups excluding carboxylic acids is 1. The number of aryl methyl sites for hydroxylation is 1. The second kappa shape index (κ2) is 7.95. The third-order valence-electron chi connectivity index (χ3n) is 3.24.